The van der Waals surface area contributed by atoms with Crippen molar-refractivity contribution in [3.63, 3.8) is 0 Å². The van der Waals surface area contributed by atoms with E-state index in [1.165, 1.54) is 11.1 Å². The lowest BCUT2D eigenvalue weighted by atomic mass is 10.0. The lowest BCUT2D eigenvalue weighted by Gasteiger charge is -2.12. The van der Waals surface area contributed by atoms with E-state index in [0.29, 0.717) is 5.82 Å². The van der Waals surface area contributed by atoms with Gasteiger partial charge in [-0.3, -0.25) is 4.99 Å². The Kier molecular flexibility index (Phi) is 6.18. The number of nitrogens with zero attached hydrogens (tertiary/aromatic N) is 3. The minimum atomic E-state index is 0.701. The van der Waals surface area contributed by atoms with Crippen LogP contribution in [-0.4, -0.2) is 22.2 Å². The molecule has 154 valence electrons. The van der Waals surface area contributed by atoms with Gasteiger partial charge in [0, 0.05) is 28.9 Å². The Balaban J connectivity index is 1.71. The highest BCUT2D eigenvalue weighted by molar-refractivity contribution is 5.95. The normalized spacial score (nSPS) is 12.2. The number of nitrogens with one attached hydrogen (secondary N) is 1. The second kappa shape index (κ2) is 9.35. The minimum Gasteiger partial charge on any atom is -0.343 e. The third-order valence-corrected chi connectivity index (χ3v) is 5.00. The van der Waals surface area contributed by atoms with Gasteiger partial charge in [0.2, 0.25) is 0 Å². The van der Waals surface area contributed by atoms with Crippen LogP contribution in [0, 0.1) is 0 Å². The monoisotopic (exact) mass is 406 g/mol. The zero-order valence-electron chi connectivity index (χ0n) is 18.1. The lowest BCUT2D eigenvalue weighted by molar-refractivity contribution is 1.13. The van der Waals surface area contributed by atoms with Crippen molar-refractivity contribution in [1.29, 1.82) is 0 Å². The highest BCUT2D eigenvalue weighted by Gasteiger charge is 2.10. The van der Waals surface area contributed by atoms with Gasteiger partial charge in [-0.05, 0) is 50.1 Å². The first-order valence-electron chi connectivity index (χ1n) is 10.5. The van der Waals surface area contributed by atoms with Crippen LogP contribution in [-0.2, 0) is 0 Å². The molecule has 0 unspecified atom stereocenters. The van der Waals surface area contributed by atoms with Crippen molar-refractivity contribution in [3.05, 3.63) is 90.6 Å². The molecule has 0 fully saturated rings. The predicted molar refractivity (Wildman–Crippen MR) is 131 cm³/mol. The maximum absolute atomic E-state index is 4.86. The summed E-state index contributed by atoms with van der Waals surface area (Å²) < 4.78 is 0. The van der Waals surface area contributed by atoms with Gasteiger partial charge in [0.1, 0.15) is 5.82 Å². The zero-order valence-corrected chi connectivity index (χ0v) is 18.1. The van der Waals surface area contributed by atoms with Crippen LogP contribution in [0.15, 0.2) is 95.6 Å². The number of para-hydroxylation sites is 1. The standard InChI is InChI=1S/C27H26N4/c1-4-28-19(2)18-20(3)29-27-24-12-8-9-13-25(24)30-26(31-27)23-16-14-22(15-17-23)21-10-6-5-7-11-21/h5-18H,4H2,1-3H3,(H,29,30,31)/b20-18+,28-19?. The Labute approximate surface area is 183 Å². The SMILES string of the molecule is CCN=C(C)/C=C(\C)Nc1nc(-c2ccc(-c3ccccc3)cc2)nc2ccccc12. The van der Waals surface area contributed by atoms with Gasteiger partial charge in [0.25, 0.3) is 0 Å². The fourth-order valence-electron chi connectivity index (χ4n) is 3.57. The van der Waals surface area contributed by atoms with E-state index < -0.39 is 0 Å². The largest absolute Gasteiger partial charge is 0.343 e. The zero-order chi connectivity index (χ0) is 21.6. The molecule has 0 aliphatic rings. The van der Waals surface area contributed by atoms with Crippen molar-refractivity contribution in [2.75, 3.05) is 11.9 Å². The summed E-state index contributed by atoms with van der Waals surface area (Å²) in [5.74, 6) is 1.50. The molecular weight excluding hydrogens is 380 g/mol. The Morgan fingerprint density at radius 2 is 1.45 bits per heavy atom. The summed E-state index contributed by atoms with van der Waals surface area (Å²) in [6.45, 7) is 6.84. The molecule has 0 saturated heterocycles. The van der Waals surface area contributed by atoms with Gasteiger partial charge in [0.15, 0.2) is 5.82 Å². The number of hydrogen-bond acceptors (Lipinski definition) is 4. The number of hydrogen-bond donors (Lipinski definition) is 1. The Hall–Kier alpha value is -3.79. The fourth-order valence-corrected chi connectivity index (χ4v) is 3.57. The first-order chi connectivity index (χ1) is 15.1. The van der Waals surface area contributed by atoms with Crippen LogP contribution in [0.4, 0.5) is 5.82 Å². The topological polar surface area (TPSA) is 50.2 Å². The van der Waals surface area contributed by atoms with Crippen molar-refractivity contribution in [3.8, 4) is 22.5 Å². The molecule has 1 heterocycles. The summed E-state index contributed by atoms with van der Waals surface area (Å²) in [7, 11) is 0. The molecule has 1 aromatic heterocycles. The fraction of sp³-hybridized carbons (Fsp3) is 0.148. The van der Waals surface area contributed by atoms with Crippen LogP contribution < -0.4 is 5.32 Å². The van der Waals surface area contributed by atoms with E-state index in [9.17, 15) is 0 Å². The predicted octanol–water partition coefficient (Wildman–Crippen LogP) is 6.76. The summed E-state index contributed by atoms with van der Waals surface area (Å²) in [5, 5.41) is 4.44. The number of aromatic nitrogens is 2. The van der Waals surface area contributed by atoms with E-state index in [1.54, 1.807) is 0 Å². The number of benzene rings is 3. The summed E-state index contributed by atoms with van der Waals surface area (Å²) in [4.78, 5) is 14.1. The van der Waals surface area contributed by atoms with Gasteiger partial charge in [0.05, 0.1) is 5.52 Å². The second-order valence-corrected chi connectivity index (χ2v) is 7.42. The summed E-state index contributed by atoms with van der Waals surface area (Å²) >= 11 is 0. The van der Waals surface area contributed by atoms with E-state index in [0.717, 1.165) is 40.2 Å². The van der Waals surface area contributed by atoms with Gasteiger partial charge in [-0.2, -0.15) is 0 Å². The maximum Gasteiger partial charge on any atom is 0.162 e. The molecule has 0 atom stereocenters. The molecule has 0 aliphatic heterocycles. The molecule has 4 heteroatoms. The average molecular weight is 407 g/mol. The molecule has 3 aromatic carbocycles. The Morgan fingerprint density at radius 3 is 2.19 bits per heavy atom. The van der Waals surface area contributed by atoms with E-state index in [1.807, 2.05) is 57.2 Å². The van der Waals surface area contributed by atoms with Crippen LogP contribution in [0.3, 0.4) is 0 Å². The van der Waals surface area contributed by atoms with Crippen molar-refractivity contribution in [1.82, 2.24) is 9.97 Å². The summed E-state index contributed by atoms with van der Waals surface area (Å²) in [6, 6.07) is 26.8. The van der Waals surface area contributed by atoms with Gasteiger partial charge in [-0.1, -0.05) is 66.7 Å². The van der Waals surface area contributed by atoms with Gasteiger partial charge in [-0.15, -0.1) is 0 Å². The van der Waals surface area contributed by atoms with Crippen LogP contribution in [0.2, 0.25) is 0 Å². The van der Waals surface area contributed by atoms with Crippen LogP contribution in [0.1, 0.15) is 20.8 Å². The molecule has 1 N–H and O–H groups in total. The lowest BCUT2D eigenvalue weighted by Crippen LogP contribution is -2.04. The van der Waals surface area contributed by atoms with Gasteiger partial charge in [-0.25, -0.2) is 9.97 Å². The Bertz CT molecular complexity index is 1240. The van der Waals surface area contributed by atoms with Crippen molar-refractivity contribution in [2.24, 2.45) is 4.99 Å². The smallest absolute Gasteiger partial charge is 0.162 e. The maximum atomic E-state index is 4.86. The van der Waals surface area contributed by atoms with E-state index in [4.69, 9.17) is 9.97 Å². The molecule has 4 rings (SSSR count). The van der Waals surface area contributed by atoms with Crippen molar-refractivity contribution < 1.29 is 0 Å². The number of rotatable bonds is 6. The second-order valence-electron chi connectivity index (χ2n) is 7.42. The molecule has 4 aromatic rings. The molecule has 4 nitrogen and oxygen atoms in total. The molecule has 0 amide bonds. The molecular formula is C27H26N4. The third-order valence-electron chi connectivity index (χ3n) is 5.00. The van der Waals surface area contributed by atoms with E-state index >= 15 is 0 Å². The van der Waals surface area contributed by atoms with Crippen molar-refractivity contribution >= 4 is 22.4 Å². The highest BCUT2D eigenvalue weighted by Crippen LogP contribution is 2.27. The number of aliphatic imine (C=N–C) groups is 1. The quantitative estimate of drug-likeness (QED) is 0.360. The number of anilines is 1. The van der Waals surface area contributed by atoms with Crippen LogP contribution in [0.25, 0.3) is 33.4 Å². The molecule has 0 spiro atoms. The molecule has 0 radical (unpaired) electrons. The van der Waals surface area contributed by atoms with Gasteiger partial charge >= 0.3 is 0 Å². The molecule has 0 aliphatic carbocycles. The first kappa shape index (κ1) is 20.5. The van der Waals surface area contributed by atoms with E-state index in [-0.39, 0.29) is 0 Å². The third kappa shape index (κ3) is 4.86. The van der Waals surface area contributed by atoms with Crippen molar-refractivity contribution in [2.45, 2.75) is 20.8 Å². The molecule has 31 heavy (non-hydrogen) atoms. The highest BCUT2D eigenvalue weighted by atomic mass is 15.0. The molecule has 0 saturated carbocycles. The van der Waals surface area contributed by atoms with Gasteiger partial charge < -0.3 is 5.32 Å². The molecule has 0 bridgehead atoms. The number of fused-ring (bicyclic) bond motifs is 1. The average Bonchev–Trinajstić information content (AvgIpc) is 2.80. The van der Waals surface area contributed by atoms with Crippen LogP contribution >= 0.6 is 0 Å². The summed E-state index contributed by atoms with van der Waals surface area (Å²) in [6.07, 6.45) is 2.04. The first-order valence-corrected chi connectivity index (χ1v) is 10.5. The minimum absolute atomic E-state index is 0.701. The van der Waals surface area contributed by atoms with Crippen LogP contribution in [0.5, 0.6) is 0 Å². The van der Waals surface area contributed by atoms with E-state index in [2.05, 4.69) is 58.8 Å². The summed E-state index contributed by atoms with van der Waals surface area (Å²) in [5.41, 5.74) is 6.24. The Morgan fingerprint density at radius 1 is 0.806 bits per heavy atom. The number of allylic oxidation sites excluding steroid dienone is 2.